The molecular weight excluding hydrogens is 513 g/mol. The Bertz CT molecular complexity index is 1450. The van der Waals surface area contributed by atoms with Crippen LogP contribution in [-0.2, 0) is 19.7 Å². The second kappa shape index (κ2) is 10.1. The highest BCUT2D eigenvalue weighted by Crippen LogP contribution is 2.51. The van der Waals surface area contributed by atoms with E-state index in [1.165, 1.54) is 12.1 Å². The number of ketones is 1. The van der Waals surface area contributed by atoms with E-state index in [9.17, 15) is 9.59 Å². The van der Waals surface area contributed by atoms with E-state index in [-0.39, 0.29) is 11.0 Å². The maximum absolute atomic E-state index is 16.2. The van der Waals surface area contributed by atoms with Gasteiger partial charge in [-0.25, -0.2) is 4.79 Å². The van der Waals surface area contributed by atoms with Crippen LogP contribution < -0.4 is 15.9 Å². The molecule has 1 aliphatic rings. The van der Waals surface area contributed by atoms with Gasteiger partial charge < -0.3 is 4.74 Å². The first-order valence-corrected chi connectivity index (χ1v) is 14.5. The number of hydrogen-bond donors (Lipinski definition) is 0. The Hall–Kier alpha value is -3.82. The van der Waals surface area contributed by atoms with E-state index in [0.29, 0.717) is 15.9 Å². The monoisotopic (exact) mass is 542 g/mol. The number of cyclic esters (lactones) is 1. The summed E-state index contributed by atoms with van der Waals surface area (Å²) in [6.45, 7) is 2.69. The van der Waals surface area contributed by atoms with Gasteiger partial charge in [0.25, 0.3) is 0 Å². The van der Waals surface area contributed by atoms with Crippen molar-refractivity contribution in [3.63, 3.8) is 0 Å². The van der Waals surface area contributed by atoms with Crippen molar-refractivity contribution < 1.29 is 23.1 Å². The first kappa shape index (κ1) is 26.8. The van der Waals surface area contributed by atoms with Gasteiger partial charge in [0.05, 0.1) is 0 Å². The van der Waals surface area contributed by atoms with Crippen molar-refractivity contribution >= 4 is 39.8 Å². The van der Waals surface area contributed by atoms with Crippen LogP contribution in [0.2, 0.25) is 0 Å². The third-order valence-corrected chi connectivity index (χ3v) is 11.4. The van der Waals surface area contributed by atoms with Gasteiger partial charge in [-0.15, -0.1) is 0 Å². The van der Waals surface area contributed by atoms with E-state index in [1.807, 2.05) is 39.0 Å². The highest BCUT2D eigenvalue weighted by atomic mass is 31.2. The molecule has 39 heavy (non-hydrogen) atoms. The van der Waals surface area contributed by atoms with E-state index in [2.05, 4.69) is 0 Å². The number of alkyl halides is 2. The van der Waals surface area contributed by atoms with Crippen LogP contribution >= 0.6 is 6.89 Å². The number of carbonyl (C=O) groups excluding carboxylic acids is 2. The van der Waals surface area contributed by atoms with Crippen LogP contribution in [0.3, 0.4) is 0 Å². The molecule has 0 saturated carbocycles. The summed E-state index contributed by atoms with van der Waals surface area (Å²) in [7, 11) is 0. The lowest BCUT2D eigenvalue weighted by Gasteiger charge is -2.37. The van der Waals surface area contributed by atoms with E-state index >= 15 is 8.78 Å². The molecule has 3 nitrogen and oxygen atoms in total. The average molecular weight is 543 g/mol. The highest BCUT2D eigenvalue weighted by Gasteiger charge is 2.59. The molecule has 0 amide bonds. The molecule has 1 fully saturated rings. The molecule has 6 heteroatoms. The summed E-state index contributed by atoms with van der Waals surface area (Å²) in [5.74, 6) is -6.47. The number of carbonyl (C=O) groups is 2. The largest absolute Gasteiger partial charge is 0.447 e. The Morgan fingerprint density at radius 2 is 1.08 bits per heavy atom. The molecule has 1 atom stereocenters. The smallest absolute Gasteiger partial charge is 0.350 e. The van der Waals surface area contributed by atoms with Crippen molar-refractivity contribution in [2.75, 3.05) is 0 Å². The molecule has 198 valence electrons. The van der Waals surface area contributed by atoms with Crippen LogP contribution in [0.15, 0.2) is 115 Å². The van der Waals surface area contributed by atoms with Crippen LogP contribution in [-0.4, -0.2) is 23.0 Å². The van der Waals surface area contributed by atoms with Crippen molar-refractivity contribution in [2.45, 2.75) is 38.2 Å². The molecule has 1 aliphatic heterocycles. The number of ether oxygens (including phenoxy) is 1. The topological polar surface area (TPSA) is 43.4 Å². The molecule has 0 N–H and O–H groups in total. The van der Waals surface area contributed by atoms with Gasteiger partial charge in [-0.05, 0) is 39.3 Å². The van der Waals surface area contributed by atoms with Crippen LogP contribution in [0.5, 0.6) is 0 Å². The molecule has 0 spiro atoms. The maximum Gasteiger partial charge on any atom is 0.350 e. The van der Waals surface area contributed by atoms with Crippen LogP contribution in [0.25, 0.3) is 0 Å². The summed E-state index contributed by atoms with van der Waals surface area (Å²) in [4.78, 5) is 27.9. The SMILES string of the molecule is CC(C)(C)c1ccc(C2OC(=O)C(=P(c3ccccc3)(c3ccccc3)c3ccccc3)C(=O)C2(F)F)cc1. The van der Waals surface area contributed by atoms with Gasteiger partial charge in [0.2, 0.25) is 5.78 Å². The third kappa shape index (κ3) is 4.55. The van der Waals surface area contributed by atoms with Crippen LogP contribution in [0.4, 0.5) is 8.78 Å². The van der Waals surface area contributed by atoms with Gasteiger partial charge in [0.15, 0.2) is 6.10 Å². The van der Waals surface area contributed by atoms with Gasteiger partial charge in [-0.3, -0.25) is 4.79 Å². The lowest BCUT2D eigenvalue weighted by atomic mass is 9.85. The fourth-order valence-corrected chi connectivity index (χ4v) is 9.43. The fraction of sp³-hybridized carbons (Fsp3) is 0.182. The molecule has 0 radical (unpaired) electrons. The standard InChI is InChI=1S/C33H29F2O3P/c1-32(2,3)24-21-19-23(20-22-24)30-33(34,35)29(36)28(31(37)38-30)39(25-13-7-4-8-14-25,26-15-9-5-10-16-26)27-17-11-6-12-18-27/h4-22,30H,1-3H3. The van der Waals surface area contributed by atoms with Crippen molar-refractivity contribution in [3.8, 4) is 0 Å². The number of Topliss-reactive ketones (excluding diaryl/α,β-unsaturated/α-hetero) is 1. The van der Waals surface area contributed by atoms with Gasteiger partial charge in [0.1, 0.15) is 5.29 Å². The summed E-state index contributed by atoms with van der Waals surface area (Å²) in [6, 6.07) is 33.4. The quantitative estimate of drug-likeness (QED) is 0.236. The number of halogens is 2. The van der Waals surface area contributed by atoms with Crippen molar-refractivity contribution in [1.29, 1.82) is 0 Å². The number of rotatable bonds is 4. The van der Waals surface area contributed by atoms with Gasteiger partial charge >= 0.3 is 11.9 Å². The van der Waals surface area contributed by atoms with Crippen LogP contribution in [0, 0.1) is 0 Å². The van der Waals surface area contributed by atoms with Crippen molar-refractivity contribution in [3.05, 3.63) is 126 Å². The van der Waals surface area contributed by atoms with E-state index in [1.54, 1.807) is 84.9 Å². The summed E-state index contributed by atoms with van der Waals surface area (Å²) in [5, 5.41) is 1.35. The summed E-state index contributed by atoms with van der Waals surface area (Å²) < 4.78 is 37.9. The van der Waals surface area contributed by atoms with Gasteiger partial charge in [-0.2, -0.15) is 8.78 Å². The van der Waals surface area contributed by atoms with Crippen molar-refractivity contribution in [2.24, 2.45) is 0 Å². The molecule has 5 rings (SSSR count). The second-order valence-corrected chi connectivity index (χ2v) is 14.0. The minimum atomic E-state index is -3.96. The summed E-state index contributed by atoms with van der Waals surface area (Å²) in [6.07, 6.45) is -2.01. The molecule has 1 saturated heterocycles. The highest BCUT2D eigenvalue weighted by molar-refractivity contribution is 7.97. The minimum absolute atomic E-state index is 0.0804. The Labute approximate surface area is 227 Å². The second-order valence-electron chi connectivity index (χ2n) is 10.6. The summed E-state index contributed by atoms with van der Waals surface area (Å²) >= 11 is 0. The predicted octanol–water partition coefficient (Wildman–Crippen LogP) is 5.95. The molecule has 0 bridgehead atoms. The first-order valence-electron chi connectivity index (χ1n) is 12.8. The fourth-order valence-electron chi connectivity index (χ4n) is 5.12. The molecule has 0 aromatic heterocycles. The van der Waals surface area contributed by atoms with Gasteiger partial charge in [0, 0.05) is 0 Å². The lowest BCUT2D eigenvalue weighted by Crippen LogP contribution is -2.53. The zero-order chi connectivity index (χ0) is 27.8. The lowest BCUT2D eigenvalue weighted by molar-refractivity contribution is -0.179. The molecular formula is C33H29F2O3P. The van der Waals surface area contributed by atoms with E-state index < -0.39 is 36.0 Å². The first-order chi connectivity index (χ1) is 18.6. The van der Waals surface area contributed by atoms with E-state index in [0.717, 1.165) is 5.56 Å². The molecule has 4 aromatic rings. The Kier molecular flexibility index (Phi) is 6.90. The summed E-state index contributed by atoms with van der Waals surface area (Å²) in [5.41, 5.74) is 0.834. The number of hydrogen-bond acceptors (Lipinski definition) is 3. The number of esters is 1. The average Bonchev–Trinajstić information content (AvgIpc) is 2.94. The van der Waals surface area contributed by atoms with Gasteiger partial charge in [-0.1, -0.05) is 136 Å². The maximum atomic E-state index is 16.2. The Morgan fingerprint density at radius 3 is 1.46 bits per heavy atom. The number of benzene rings is 4. The minimum Gasteiger partial charge on any atom is -0.447 e. The predicted molar refractivity (Wildman–Crippen MR) is 154 cm³/mol. The zero-order valence-electron chi connectivity index (χ0n) is 22.0. The third-order valence-electron chi connectivity index (χ3n) is 7.11. The Morgan fingerprint density at radius 1 is 0.667 bits per heavy atom. The molecule has 1 heterocycles. The molecule has 0 aliphatic carbocycles. The van der Waals surface area contributed by atoms with Crippen LogP contribution in [0.1, 0.15) is 38.0 Å². The molecule has 4 aromatic carbocycles. The van der Waals surface area contributed by atoms with E-state index in [4.69, 9.17) is 4.74 Å². The zero-order valence-corrected chi connectivity index (χ0v) is 22.9. The molecule has 1 unspecified atom stereocenters. The van der Waals surface area contributed by atoms with Crippen molar-refractivity contribution in [1.82, 2.24) is 0 Å². The normalized spacial score (nSPS) is 17.6. The Balaban J connectivity index is 1.80.